The Morgan fingerprint density at radius 2 is 2.14 bits per heavy atom. The molecule has 116 valence electrons. The largest absolute Gasteiger partial charge is 0.399 e. The Hall–Kier alpha value is -1.51. The van der Waals surface area contributed by atoms with Gasteiger partial charge < -0.3 is 11.1 Å². The molecule has 21 heavy (non-hydrogen) atoms. The van der Waals surface area contributed by atoms with Gasteiger partial charge in [-0.05, 0) is 60.8 Å². The first-order valence-corrected chi connectivity index (χ1v) is 8.03. The molecule has 1 unspecified atom stereocenters. The van der Waals surface area contributed by atoms with E-state index in [9.17, 15) is 4.79 Å². The van der Waals surface area contributed by atoms with Crippen LogP contribution in [0.25, 0.3) is 0 Å². The second kappa shape index (κ2) is 6.50. The smallest absolute Gasteiger partial charge is 0.220 e. The molecule has 0 bridgehead atoms. The van der Waals surface area contributed by atoms with Gasteiger partial charge in [-0.15, -0.1) is 0 Å². The molecule has 1 aliphatic rings. The zero-order valence-electron chi connectivity index (χ0n) is 13.5. The van der Waals surface area contributed by atoms with Crippen LogP contribution in [0.5, 0.6) is 0 Å². The van der Waals surface area contributed by atoms with Crippen molar-refractivity contribution in [3.63, 3.8) is 0 Å². The number of fused-ring (bicyclic) bond motifs is 1. The lowest BCUT2D eigenvalue weighted by atomic mass is 9.87. The summed E-state index contributed by atoms with van der Waals surface area (Å²) < 4.78 is 0. The molecule has 0 spiro atoms. The Morgan fingerprint density at radius 3 is 2.86 bits per heavy atom. The van der Waals surface area contributed by atoms with Crippen molar-refractivity contribution in [3.05, 3.63) is 29.3 Å². The molecule has 1 aromatic carbocycles. The van der Waals surface area contributed by atoms with Gasteiger partial charge >= 0.3 is 0 Å². The van der Waals surface area contributed by atoms with Crippen molar-refractivity contribution in [1.29, 1.82) is 0 Å². The maximum absolute atomic E-state index is 12.1. The molecule has 3 nitrogen and oxygen atoms in total. The standard InChI is InChI=1S/C18H28N2O/c1-18(2,3)11-5-8-17(21)20-16-7-4-6-13-12-14(19)9-10-15(13)16/h9-10,12,16H,4-8,11,19H2,1-3H3,(H,20,21). The predicted molar refractivity (Wildman–Crippen MR) is 88.0 cm³/mol. The third kappa shape index (κ3) is 4.76. The fourth-order valence-electron chi connectivity index (χ4n) is 3.03. The van der Waals surface area contributed by atoms with Gasteiger partial charge in [0.2, 0.25) is 5.91 Å². The van der Waals surface area contributed by atoms with Gasteiger partial charge in [0, 0.05) is 12.1 Å². The number of hydrogen-bond donors (Lipinski definition) is 2. The minimum atomic E-state index is 0.163. The van der Waals surface area contributed by atoms with E-state index in [1.807, 2.05) is 12.1 Å². The number of benzene rings is 1. The summed E-state index contributed by atoms with van der Waals surface area (Å²) in [6.45, 7) is 6.64. The number of anilines is 1. The normalized spacial score (nSPS) is 18.1. The molecule has 0 aromatic heterocycles. The minimum absolute atomic E-state index is 0.163. The summed E-state index contributed by atoms with van der Waals surface area (Å²) >= 11 is 0. The molecule has 0 saturated heterocycles. The van der Waals surface area contributed by atoms with Gasteiger partial charge in [-0.25, -0.2) is 0 Å². The molecule has 1 atom stereocenters. The summed E-state index contributed by atoms with van der Waals surface area (Å²) in [5, 5.41) is 3.20. The Labute approximate surface area is 128 Å². The summed E-state index contributed by atoms with van der Waals surface area (Å²) in [5.41, 5.74) is 9.50. The van der Waals surface area contributed by atoms with Crippen LogP contribution < -0.4 is 11.1 Å². The lowest BCUT2D eigenvalue weighted by molar-refractivity contribution is -0.122. The van der Waals surface area contributed by atoms with Crippen LogP contribution in [-0.4, -0.2) is 5.91 Å². The number of aryl methyl sites for hydroxylation is 1. The first kappa shape index (κ1) is 15.9. The van der Waals surface area contributed by atoms with Crippen LogP contribution in [0.2, 0.25) is 0 Å². The summed E-state index contributed by atoms with van der Waals surface area (Å²) in [4.78, 5) is 12.1. The average molecular weight is 288 g/mol. The number of carbonyl (C=O) groups is 1. The van der Waals surface area contributed by atoms with Gasteiger partial charge in [0.25, 0.3) is 0 Å². The topological polar surface area (TPSA) is 55.1 Å². The van der Waals surface area contributed by atoms with Crippen molar-refractivity contribution >= 4 is 11.6 Å². The number of nitrogens with two attached hydrogens (primary N) is 1. The highest BCUT2D eigenvalue weighted by Gasteiger charge is 2.22. The molecule has 0 radical (unpaired) electrons. The number of hydrogen-bond acceptors (Lipinski definition) is 2. The van der Waals surface area contributed by atoms with E-state index < -0.39 is 0 Å². The quantitative estimate of drug-likeness (QED) is 0.823. The fourth-order valence-corrected chi connectivity index (χ4v) is 3.03. The van der Waals surface area contributed by atoms with E-state index in [1.165, 1.54) is 11.1 Å². The number of carbonyl (C=O) groups excluding carboxylic acids is 1. The second-order valence-corrected chi connectivity index (χ2v) is 7.38. The molecule has 1 aromatic rings. The molecule has 2 rings (SSSR count). The van der Waals surface area contributed by atoms with E-state index in [-0.39, 0.29) is 11.9 Å². The van der Waals surface area contributed by atoms with Gasteiger partial charge in [0.15, 0.2) is 0 Å². The highest BCUT2D eigenvalue weighted by molar-refractivity contribution is 5.76. The van der Waals surface area contributed by atoms with E-state index in [2.05, 4.69) is 32.2 Å². The number of nitrogen functional groups attached to an aromatic ring is 1. The number of rotatable bonds is 4. The van der Waals surface area contributed by atoms with Crippen LogP contribution in [0.4, 0.5) is 5.69 Å². The molecule has 1 aliphatic carbocycles. The van der Waals surface area contributed by atoms with E-state index in [4.69, 9.17) is 5.73 Å². The van der Waals surface area contributed by atoms with Gasteiger partial charge in [-0.3, -0.25) is 4.79 Å². The number of nitrogens with one attached hydrogen (secondary N) is 1. The molecular formula is C18H28N2O. The first-order chi connectivity index (χ1) is 9.85. The minimum Gasteiger partial charge on any atom is -0.399 e. The molecular weight excluding hydrogens is 260 g/mol. The third-order valence-electron chi connectivity index (χ3n) is 4.15. The number of amides is 1. The Balaban J connectivity index is 1.91. The highest BCUT2D eigenvalue weighted by atomic mass is 16.1. The van der Waals surface area contributed by atoms with Crippen molar-refractivity contribution in [2.75, 3.05) is 5.73 Å². The van der Waals surface area contributed by atoms with Crippen LogP contribution in [0.15, 0.2) is 18.2 Å². The Morgan fingerprint density at radius 1 is 1.38 bits per heavy atom. The van der Waals surface area contributed by atoms with Crippen LogP contribution in [0.1, 0.15) is 70.0 Å². The molecule has 0 fully saturated rings. The second-order valence-electron chi connectivity index (χ2n) is 7.38. The summed E-state index contributed by atoms with van der Waals surface area (Å²) in [7, 11) is 0. The van der Waals surface area contributed by atoms with Crippen molar-refractivity contribution in [3.8, 4) is 0 Å². The van der Waals surface area contributed by atoms with Crippen molar-refractivity contribution in [1.82, 2.24) is 5.32 Å². The predicted octanol–water partition coefficient (Wildman–Crippen LogP) is 3.98. The lowest BCUT2D eigenvalue weighted by Crippen LogP contribution is -2.31. The van der Waals surface area contributed by atoms with Gasteiger partial charge in [-0.2, -0.15) is 0 Å². The molecule has 3 N–H and O–H groups in total. The van der Waals surface area contributed by atoms with Crippen LogP contribution in [0.3, 0.4) is 0 Å². The van der Waals surface area contributed by atoms with Crippen molar-refractivity contribution < 1.29 is 4.79 Å². The fraction of sp³-hybridized carbons (Fsp3) is 0.611. The van der Waals surface area contributed by atoms with Gasteiger partial charge in [0.05, 0.1) is 6.04 Å². The average Bonchev–Trinajstić information content (AvgIpc) is 2.37. The maximum Gasteiger partial charge on any atom is 0.220 e. The summed E-state index contributed by atoms with van der Waals surface area (Å²) in [6, 6.07) is 6.22. The van der Waals surface area contributed by atoms with E-state index >= 15 is 0 Å². The van der Waals surface area contributed by atoms with E-state index in [0.29, 0.717) is 11.8 Å². The first-order valence-electron chi connectivity index (χ1n) is 8.03. The molecule has 1 amide bonds. The zero-order valence-corrected chi connectivity index (χ0v) is 13.5. The monoisotopic (exact) mass is 288 g/mol. The van der Waals surface area contributed by atoms with Crippen LogP contribution in [0, 0.1) is 5.41 Å². The molecule has 0 aliphatic heterocycles. The van der Waals surface area contributed by atoms with E-state index in [1.54, 1.807) is 0 Å². The van der Waals surface area contributed by atoms with E-state index in [0.717, 1.165) is 37.8 Å². The van der Waals surface area contributed by atoms with Gasteiger partial charge in [-0.1, -0.05) is 26.8 Å². The zero-order chi connectivity index (χ0) is 15.5. The highest BCUT2D eigenvalue weighted by Crippen LogP contribution is 2.31. The lowest BCUT2D eigenvalue weighted by Gasteiger charge is -2.27. The Kier molecular flexibility index (Phi) is 4.92. The summed E-state index contributed by atoms with van der Waals surface area (Å²) in [5.74, 6) is 0.175. The van der Waals surface area contributed by atoms with Crippen LogP contribution >= 0.6 is 0 Å². The van der Waals surface area contributed by atoms with Gasteiger partial charge in [0.1, 0.15) is 0 Å². The SMILES string of the molecule is CC(C)(C)CCCC(=O)NC1CCCc2cc(N)ccc21. The summed E-state index contributed by atoms with van der Waals surface area (Å²) in [6.07, 6.45) is 5.87. The molecule has 3 heteroatoms. The molecule has 0 heterocycles. The molecule has 0 saturated carbocycles. The van der Waals surface area contributed by atoms with Crippen molar-refractivity contribution in [2.24, 2.45) is 5.41 Å². The maximum atomic E-state index is 12.1. The Bertz CT molecular complexity index is 502. The van der Waals surface area contributed by atoms with Crippen molar-refractivity contribution in [2.45, 2.75) is 65.3 Å². The third-order valence-corrected chi connectivity index (χ3v) is 4.15. The van der Waals surface area contributed by atoms with Crippen LogP contribution in [-0.2, 0) is 11.2 Å².